The molecule has 2 N–H and O–H groups in total. The summed E-state index contributed by atoms with van der Waals surface area (Å²) in [7, 11) is 0. The van der Waals surface area contributed by atoms with Crippen LogP contribution in [0.15, 0.2) is 72.8 Å². The summed E-state index contributed by atoms with van der Waals surface area (Å²) in [6, 6.07) is 21.6. The van der Waals surface area contributed by atoms with Gasteiger partial charge >= 0.3 is 6.03 Å². The van der Waals surface area contributed by atoms with Crippen molar-refractivity contribution in [2.24, 2.45) is 0 Å². The molecule has 3 aromatic carbocycles. The number of rotatable bonds is 6. The van der Waals surface area contributed by atoms with Crippen LogP contribution in [0.3, 0.4) is 0 Å². The van der Waals surface area contributed by atoms with Crippen molar-refractivity contribution in [3.05, 3.63) is 94.5 Å². The lowest BCUT2D eigenvalue weighted by atomic mass is 10.1. The summed E-state index contributed by atoms with van der Waals surface area (Å²) in [6.07, 6.45) is 0.253. The van der Waals surface area contributed by atoms with E-state index in [0.717, 1.165) is 23.2 Å². The van der Waals surface area contributed by atoms with Crippen LogP contribution in [0, 0.1) is 0 Å². The van der Waals surface area contributed by atoms with Gasteiger partial charge in [-0.1, -0.05) is 35.9 Å². The van der Waals surface area contributed by atoms with Gasteiger partial charge < -0.3 is 15.3 Å². The molecule has 33 heavy (non-hydrogen) atoms. The summed E-state index contributed by atoms with van der Waals surface area (Å²) < 4.78 is 0. The van der Waals surface area contributed by atoms with Crippen LogP contribution in [0.4, 0.5) is 16.2 Å². The van der Waals surface area contributed by atoms with Gasteiger partial charge in [0.1, 0.15) is 0 Å². The Morgan fingerprint density at radius 1 is 1.06 bits per heavy atom. The SMILES string of the molecule is CC(O)c1cccc(NC(=O)c2ccc(N3CCCN(Cc4ccc(Cl)cc4)C3=O)cc2)c1. The molecule has 6 nitrogen and oxygen atoms in total. The number of carbonyl (C=O) groups excluding carboxylic acids is 2. The number of nitrogens with zero attached hydrogens (tertiary/aromatic N) is 2. The van der Waals surface area contributed by atoms with Gasteiger partial charge in [-0.05, 0) is 73.0 Å². The van der Waals surface area contributed by atoms with Gasteiger partial charge in [0.2, 0.25) is 0 Å². The lowest BCUT2D eigenvalue weighted by molar-refractivity contribution is 0.102. The lowest BCUT2D eigenvalue weighted by Gasteiger charge is -2.35. The Morgan fingerprint density at radius 3 is 2.48 bits per heavy atom. The van der Waals surface area contributed by atoms with Crippen LogP contribution in [-0.2, 0) is 6.54 Å². The first kappa shape index (κ1) is 22.8. The number of hydrogen-bond acceptors (Lipinski definition) is 3. The summed E-state index contributed by atoms with van der Waals surface area (Å²) in [4.78, 5) is 29.3. The minimum atomic E-state index is -0.609. The number of anilines is 2. The van der Waals surface area contributed by atoms with Crippen LogP contribution < -0.4 is 10.2 Å². The molecule has 4 rings (SSSR count). The van der Waals surface area contributed by atoms with Crippen molar-refractivity contribution in [1.29, 1.82) is 0 Å². The van der Waals surface area contributed by atoms with E-state index in [9.17, 15) is 14.7 Å². The van der Waals surface area contributed by atoms with Gasteiger partial charge in [-0.15, -0.1) is 0 Å². The summed E-state index contributed by atoms with van der Waals surface area (Å²) >= 11 is 5.96. The first-order valence-electron chi connectivity index (χ1n) is 10.9. The molecular weight excluding hydrogens is 438 g/mol. The molecule has 3 aromatic rings. The van der Waals surface area contributed by atoms with Crippen molar-refractivity contribution in [3.8, 4) is 0 Å². The predicted octanol–water partition coefficient (Wildman–Crippen LogP) is 5.48. The maximum absolute atomic E-state index is 13.1. The first-order chi connectivity index (χ1) is 15.9. The van der Waals surface area contributed by atoms with E-state index in [1.807, 2.05) is 29.2 Å². The molecule has 0 radical (unpaired) electrons. The van der Waals surface area contributed by atoms with Crippen molar-refractivity contribution in [2.45, 2.75) is 26.0 Å². The van der Waals surface area contributed by atoms with Crippen molar-refractivity contribution < 1.29 is 14.7 Å². The van der Waals surface area contributed by atoms with Gasteiger partial charge in [-0.25, -0.2) is 4.79 Å². The normalized spacial score (nSPS) is 14.8. The van der Waals surface area contributed by atoms with Crippen LogP contribution in [0.5, 0.6) is 0 Å². The molecule has 7 heteroatoms. The molecule has 1 saturated heterocycles. The second-order valence-corrected chi connectivity index (χ2v) is 8.57. The quantitative estimate of drug-likeness (QED) is 0.508. The van der Waals surface area contributed by atoms with E-state index in [1.54, 1.807) is 60.4 Å². The Kier molecular flexibility index (Phi) is 6.96. The van der Waals surface area contributed by atoms with Crippen LogP contribution >= 0.6 is 11.6 Å². The fraction of sp³-hybridized carbons (Fsp3) is 0.231. The molecule has 1 fully saturated rings. The highest BCUT2D eigenvalue weighted by molar-refractivity contribution is 6.30. The van der Waals surface area contributed by atoms with E-state index in [1.165, 1.54) is 0 Å². The Balaban J connectivity index is 1.42. The van der Waals surface area contributed by atoms with Crippen molar-refractivity contribution in [3.63, 3.8) is 0 Å². The largest absolute Gasteiger partial charge is 0.389 e. The predicted molar refractivity (Wildman–Crippen MR) is 131 cm³/mol. The van der Waals surface area contributed by atoms with Crippen molar-refractivity contribution in [1.82, 2.24) is 4.90 Å². The molecule has 0 bridgehead atoms. The van der Waals surface area contributed by atoms with Crippen LogP contribution in [0.25, 0.3) is 0 Å². The second-order valence-electron chi connectivity index (χ2n) is 8.14. The van der Waals surface area contributed by atoms with E-state index < -0.39 is 6.10 Å². The molecule has 3 amide bonds. The van der Waals surface area contributed by atoms with E-state index in [2.05, 4.69) is 5.32 Å². The number of halogens is 1. The Bertz CT molecular complexity index is 1130. The zero-order valence-electron chi connectivity index (χ0n) is 18.4. The molecule has 1 atom stereocenters. The van der Waals surface area contributed by atoms with Gasteiger partial charge in [-0.3, -0.25) is 9.69 Å². The summed E-state index contributed by atoms with van der Waals surface area (Å²) in [6.45, 7) is 3.54. The number of urea groups is 1. The summed E-state index contributed by atoms with van der Waals surface area (Å²) in [5.74, 6) is -0.251. The minimum Gasteiger partial charge on any atom is -0.389 e. The highest BCUT2D eigenvalue weighted by Crippen LogP contribution is 2.23. The molecule has 0 saturated carbocycles. The highest BCUT2D eigenvalue weighted by Gasteiger charge is 2.27. The molecule has 0 spiro atoms. The summed E-state index contributed by atoms with van der Waals surface area (Å²) in [5.41, 5.74) is 3.62. The molecule has 1 unspecified atom stereocenters. The van der Waals surface area contributed by atoms with E-state index in [0.29, 0.717) is 35.9 Å². The van der Waals surface area contributed by atoms with Crippen molar-refractivity contribution in [2.75, 3.05) is 23.3 Å². The number of hydrogen-bond donors (Lipinski definition) is 2. The third-order valence-electron chi connectivity index (χ3n) is 5.67. The molecule has 1 aliphatic heterocycles. The third-order valence-corrected chi connectivity index (χ3v) is 5.92. The Hall–Kier alpha value is -3.35. The molecule has 1 aliphatic rings. The van der Waals surface area contributed by atoms with Crippen molar-refractivity contribution >= 4 is 34.9 Å². The zero-order chi connectivity index (χ0) is 23.4. The smallest absolute Gasteiger partial charge is 0.324 e. The van der Waals surface area contributed by atoms with E-state index in [4.69, 9.17) is 11.6 Å². The molecule has 0 aliphatic carbocycles. The van der Waals surface area contributed by atoms with Crippen LogP contribution in [0.2, 0.25) is 5.02 Å². The number of aliphatic hydroxyl groups is 1. The molecule has 170 valence electrons. The fourth-order valence-corrected chi connectivity index (χ4v) is 3.98. The minimum absolute atomic E-state index is 0.0525. The number of amides is 3. The number of carbonyl (C=O) groups is 2. The lowest BCUT2D eigenvalue weighted by Crippen LogP contribution is -2.49. The first-order valence-corrected chi connectivity index (χ1v) is 11.3. The van der Waals surface area contributed by atoms with Gasteiger partial charge in [0.05, 0.1) is 6.10 Å². The fourth-order valence-electron chi connectivity index (χ4n) is 3.85. The van der Waals surface area contributed by atoms with Gasteiger partial charge in [-0.2, -0.15) is 0 Å². The van der Waals surface area contributed by atoms with Crippen LogP contribution in [-0.4, -0.2) is 35.0 Å². The number of aliphatic hydroxyl groups excluding tert-OH is 1. The number of benzene rings is 3. The average molecular weight is 464 g/mol. The number of nitrogens with one attached hydrogen (secondary N) is 1. The standard InChI is InChI=1S/C26H26ClN3O3/c1-18(31)21-4-2-5-23(16-21)28-25(32)20-8-12-24(13-9-20)30-15-3-14-29(26(30)33)17-19-6-10-22(27)11-7-19/h2,4-13,16,18,31H,3,14-15,17H2,1H3,(H,28,32). The topological polar surface area (TPSA) is 72.9 Å². The van der Waals surface area contributed by atoms with E-state index in [-0.39, 0.29) is 11.9 Å². The average Bonchev–Trinajstić information content (AvgIpc) is 2.82. The third kappa shape index (κ3) is 5.53. The molecule has 1 heterocycles. The molecule has 0 aromatic heterocycles. The molecular formula is C26H26ClN3O3. The highest BCUT2D eigenvalue weighted by atomic mass is 35.5. The Morgan fingerprint density at radius 2 is 1.79 bits per heavy atom. The zero-order valence-corrected chi connectivity index (χ0v) is 19.1. The maximum Gasteiger partial charge on any atom is 0.324 e. The van der Waals surface area contributed by atoms with Crippen LogP contribution in [0.1, 0.15) is 40.9 Å². The van der Waals surface area contributed by atoms with E-state index >= 15 is 0 Å². The van der Waals surface area contributed by atoms with Gasteiger partial charge in [0, 0.05) is 41.6 Å². The monoisotopic (exact) mass is 463 g/mol. The second kappa shape index (κ2) is 10.1. The van der Waals surface area contributed by atoms with Gasteiger partial charge in [0.25, 0.3) is 5.91 Å². The van der Waals surface area contributed by atoms with Gasteiger partial charge in [0.15, 0.2) is 0 Å². The maximum atomic E-state index is 13.1. The Labute approximate surface area is 198 Å². The summed E-state index contributed by atoms with van der Waals surface area (Å²) in [5, 5.41) is 13.3.